The van der Waals surface area contributed by atoms with Gasteiger partial charge in [-0.15, -0.1) is 0 Å². The number of urea groups is 1. The number of rotatable bonds is 9. The van der Waals surface area contributed by atoms with Crippen LogP contribution in [0.3, 0.4) is 0 Å². The first-order valence-corrected chi connectivity index (χ1v) is 11.8. The third-order valence-electron chi connectivity index (χ3n) is 6.17. The van der Waals surface area contributed by atoms with Crippen LogP contribution in [0.5, 0.6) is 0 Å². The molecular weight excluding hydrogens is 442 g/mol. The Kier molecular flexibility index (Phi) is 7.15. The quantitative estimate of drug-likeness (QED) is 0.322. The molecule has 1 aliphatic rings. The Labute approximate surface area is 204 Å². The number of hydrogen-bond donors (Lipinski definition) is 4. The van der Waals surface area contributed by atoms with Gasteiger partial charge in [0.2, 0.25) is 0 Å². The van der Waals surface area contributed by atoms with Crippen LogP contribution in [0.4, 0.5) is 16.2 Å². The van der Waals surface area contributed by atoms with Gasteiger partial charge in [-0.3, -0.25) is 4.79 Å². The van der Waals surface area contributed by atoms with Crippen molar-refractivity contribution < 1.29 is 19.5 Å². The van der Waals surface area contributed by atoms with Gasteiger partial charge in [0.1, 0.15) is 5.54 Å². The molecule has 0 atom stereocenters. The van der Waals surface area contributed by atoms with Crippen LogP contribution in [0.1, 0.15) is 48.5 Å². The molecule has 3 aromatic carbocycles. The second-order valence-corrected chi connectivity index (χ2v) is 8.88. The molecule has 0 heterocycles. The molecular formula is C28H29N3O4. The maximum Gasteiger partial charge on any atom is 0.329 e. The first-order valence-electron chi connectivity index (χ1n) is 11.8. The van der Waals surface area contributed by atoms with Crippen LogP contribution in [-0.4, -0.2) is 28.6 Å². The van der Waals surface area contributed by atoms with Crippen molar-refractivity contribution >= 4 is 29.3 Å². The summed E-state index contributed by atoms with van der Waals surface area (Å²) in [6.07, 6.45) is 4.25. The Balaban J connectivity index is 1.31. The molecule has 180 valence electrons. The van der Waals surface area contributed by atoms with E-state index in [2.05, 4.69) is 22.9 Å². The Morgan fingerprint density at radius 3 is 1.80 bits per heavy atom. The Morgan fingerprint density at radius 1 is 0.800 bits per heavy atom. The van der Waals surface area contributed by atoms with E-state index in [0.29, 0.717) is 24.1 Å². The highest BCUT2D eigenvalue weighted by molar-refractivity contribution is 6.00. The molecule has 1 fully saturated rings. The van der Waals surface area contributed by atoms with Gasteiger partial charge in [-0.1, -0.05) is 49.7 Å². The summed E-state index contributed by atoms with van der Waals surface area (Å²) in [5.74, 6) is -1.39. The Bertz CT molecular complexity index is 1200. The summed E-state index contributed by atoms with van der Waals surface area (Å²) in [7, 11) is 0. The molecule has 7 nitrogen and oxygen atoms in total. The average Bonchev–Trinajstić information content (AvgIpc) is 3.65. The van der Waals surface area contributed by atoms with Gasteiger partial charge in [0.05, 0.1) is 0 Å². The fourth-order valence-corrected chi connectivity index (χ4v) is 3.80. The molecule has 0 aliphatic heterocycles. The monoisotopic (exact) mass is 471 g/mol. The molecule has 3 amide bonds. The van der Waals surface area contributed by atoms with Crippen LogP contribution in [0.15, 0.2) is 72.8 Å². The Hall–Kier alpha value is -4.13. The van der Waals surface area contributed by atoms with E-state index in [1.54, 1.807) is 12.1 Å². The summed E-state index contributed by atoms with van der Waals surface area (Å²) in [4.78, 5) is 36.0. The van der Waals surface area contributed by atoms with E-state index in [0.717, 1.165) is 36.1 Å². The molecule has 1 aliphatic carbocycles. The van der Waals surface area contributed by atoms with Gasteiger partial charge >= 0.3 is 12.0 Å². The van der Waals surface area contributed by atoms with Crippen molar-refractivity contribution in [3.05, 3.63) is 83.9 Å². The van der Waals surface area contributed by atoms with Crippen LogP contribution in [0.25, 0.3) is 11.1 Å². The van der Waals surface area contributed by atoms with Crippen molar-refractivity contribution in [2.45, 2.75) is 44.6 Å². The molecule has 0 radical (unpaired) electrons. The minimum absolute atomic E-state index is 0.316. The van der Waals surface area contributed by atoms with Gasteiger partial charge in [0.15, 0.2) is 0 Å². The average molecular weight is 472 g/mol. The molecule has 7 heteroatoms. The lowest BCUT2D eigenvalue weighted by molar-refractivity contribution is -0.140. The highest BCUT2D eigenvalue weighted by Gasteiger charge is 2.51. The summed E-state index contributed by atoms with van der Waals surface area (Å²) in [5.41, 5.74) is 3.78. The van der Waals surface area contributed by atoms with E-state index in [4.69, 9.17) is 0 Å². The highest BCUT2D eigenvalue weighted by Crippen LogP contribution is 2.35. The zero-order valence-corrected chi connectivity index (χ0v) is 19.6. The summed E-state index contributed by atoms with van der Waals surface area (Å²) in [5, 5.41) is 17.5. The lowest BCUT2D eigenvalue weighted by atomic mass is 10.0. The van der Waals surface area contributed by atoms with Crippen LogP contribution in [-0.2, 0) is 11.2 Å². The summed E-state index contributed by atoms with van der Waals surface area (Å²) >= 11 is 0. The lowest BCUT2D eigenvalue weighted by Crippen LogP contribution is -2.43. The number of benzene rings is 3. The lowest BCUT2D eigenvalue weighted by Gasteiger charge is -2.12. The number of anilines is 2. The third-order valence-corrected chi connectivity index (χ3v) is 6.17. The summed E-state index contributed by atoms with van der Waals surface area (Å²) < 4.78 is 0. The first kappa shape index (κ1) is 24.0. The van der Waals surface area contributed by atoms with Crippen molar-refractivity contribution in [1.29, 1.82) is 0 Å². The Morgan fingerprint density at radius 2 is 1.31 bits per heavy atom. The van der Waals surface area contributed by atoms with E-state index < -0.39 is 17.4 Å². The zero-order valence-electron chi connectivity index (χ0n) is 19.6. The van der Waals surface area contributed by atoms with Gasteiger partial charge in [0.25, 0.3) is 5.91 Å². The smallest absolute Gasteiger partial charge is 0.329 e. The number of carbonyl (C=O) groups excluding carboxylic acids is 2. The molecule has 0 unspecified atom stereocenters. The third kappa shape index (κ3) is 6.06. The van der Waals surface area contributed by atoms with Gasteiger partial charge in [-0.05, 0) is 78.8 Å². The maximum atomic E-state index is 12.4. The predicted molar refractivity (Wildman–Crippen MR) is 137 cm³/mol. The molecule has 4 rings (SSSR count). The van der Waals surface area contributed by atoms with E-state index >= 15 is 0 Å². The SMILES string of the molecule is CCCCc1ccc(NC(=O)Nc2ccc(-c3ccc(C(=O)NC4(C(=O)O)CC4)cc3)cc2)cc1. The van der Waals surface area contributed by atoms with Crippen molar-refractivity contribution in [3.63, 3.8) is 0 Å². The maximum absolute atomic E-state index is 12.4. The van der Waals surface area contributed by atoms with Gasteiger partial charge in [0, 0.05) is 16.9 Å². The predicted octanol–water partition coefficient (Wildman–Crippen LogP) is 5.69. The normalized spacial score (nSPS) is 13.5. The van der Waals surface area contributed by atoms with Crippen LogP contribution < -0.4 is 16.0 Å². The number of hydrogen-bond acceptors (Lipinski definition) is 3. The van der Waals surface area contributed by atoms with Crippen LogP contribution >= 0.6 is 0 Å². The number of aryl methyl sites for hydroxylation is 1. The standard InChI is InChI=1S/C28H29N3O4/c1-2-3-4-19-5-13-23(14-6-19)29-27(35)30-24-15-11-21(12-16-24)20-7-9-22(10-8-20)25(32)31-28(17-18-28)26(33)34/h5-16H,2-4,17-18H2,1H3,(H,31,32)(H,33,34)(H2,29,30,35). The molecule has 35 heavy (non-hydrogen) atoms. The fraction of sp³-hybridized carbons (Fsp3) is 0.250. The zero-order chi connectivity index (χ0) is 24.8. The first-order chi connectivity index (χ1) is 16.9. The number of unbranched alkanes of at least 4 members (excludes halogenated alkanes) is 1. The number of amides is 3. The second kappa shape index (κ2) is 10.4. The molecule has 1 saturated carbocycles. The molecule has 4 N–H and O–H groups in total. The molecule has 0 aromatic heterocycles. The van der Waals surface area contributed by atoms with Crippen molar-refractivity contribution in [2.75, 3.05) is 10.6 Å². The second-order valence-electron chi connectivity index (χ2n) is 8.88. The number of carbonyl (C=O) groups is 3. The molecule has 0 bridgehead atoms. The van der Waals surface area contributed by atoms with E-state index in [1.807, 2.05) is 60.7 Å². The number of carboxylic acids is 1. The van der Waals surface area contributed by atoms with E-state index in [1.165, 1.54) is 5.56 Å². The largest absolute Gasteiger partial charge is 0.480 e. The fourth-order valence-electron chi connectivity index (χ4n) is 3.80. The van der Waals surface area contributed by atoms with Crippen LogP contribution in [0.2, 0.25) is 0 Å². The number of carboxylic acid groups (broad SMARTS) is 1. The van der Waals surface area contributed by atoms with Crippen molar-refractivity contribution in [2.24, 2.45) is 0 Å². The molecule has 0 saturated heterocycles. The van der Waals surface area contributed by atoms with Gasteiger partial charge in [-0.2, -0.15) is 0 Å². The summed E-state index contributed by atoms with van der Waals surface area (Å²) in [6.45, 7) is 2.16. The number of aliphatic carboxylic acids is 1. The van der Waals surface area contributed by atoms with E-state index in [-0.39, 0.29) is 6.03 Å². The van der Waals surface area contributed by atoms with Gasteiger partial charge in [-0.25, -0.2) is 9.59 Å². The highest BCUT2D eigenvalue weighted by atomic mass is 16.4. The minimum atomic E-state index is -1.11. The van der Waals surface area contributed by atoms with Crippen molar-refractivity contribution in [1.82, 2.24) is 5.32 Å². The topological polar surface area (TPSA) is 108 Å². The minimum Gasteiger partial charge on any atom is -0.480 e. The van der Waals surface area contributed by atoms with E-state index in [9.17, 15) is 19.5 Å². The molecule has 0 spiro atoms. The summed E-state index contributed by atoms with van der Waals surface area (Å²) in [6, 6.07) is 21.9. The van der Waals surface area contributed by atoms with Crippen LogP contribution in [0, 0.1) is 0 Å². The molecule has 3 aromatic rings. The van der Waals surface area contributed by atoms with Crippen molar-refractivity contribution in [3.8, 4) is 11.1 Å². The van der Waals surface area contributed by atoms with Gasteiger partial charge < -0.3 is 21.1 Å². The number of nitrogens with one attached hydrogen (secondary N) is 3.